The van der Waals surface area contributed by atoms with Crippen molar-refractivity contribution in [2.24, 2.45) is 0 Å². The van der Waals surface area contributed by atoms with Crippen molar-refractivity contribution >= 4 is 61.5 Å². The minimum absolute atomic E-state index is 0. The first-order valence-electron chi connectivity index (χ1n) is 0. The van der Waals surface area contributed by atoms with E-state index in [0.717, 1.165) is 0 Å². The topological polar surface area (TPSA) is 0 Å². The predicted octanol–water partition coefficient (Wildman–Crippen LogP) is -5.12. The Balaban J connectivity index is 0. The van der Waals surface area contributed by atoms with Gasteiger partial charge in [-0.05, 0) is 43.9 Å². The zero-order valence-electron chi connectivity index (χ0n) is 4.50. The molecule has 0 aromatic carbocycles. The summed E-state index contributed by atoms with van der Waals surface area (Å²) in [4.78, 5) is 0. The Kier molecular flexibility index (Phi) is 998. The van der Waals surface area contributed by atoms with Crippen LogP contribution in [0.3, 0.4) is 0 Å². The molecule has 0 nitrogen and oxygen atoms in total. The fourth-order valence-corrected chi connectivity index (χ4v) is 0. The van der Waals surface area contributed by atoms with Crippen molar-refractivity contribution in [3.05, 3.63) is 0 Å². The van der Waals surface area contributed by atoms with Crippen LogP contribution in [0, 0.1) is 0 Å². The summed E-state index contributed by atoms with van der Waals surface area (Å²) in [6, 6.07) is 0. The molecule has 0 heterocycles. The molecule has 0 amide bonds. The van der Waals surface area contributed by atoms with Gasteiger partial charge in [0.1, 0.15) is 0 Å². The largest absolute Gasteiger partial charge is 0.0125 e. The molecule has 0 aliphatic carbocycles. The van der Waals surface area contributed by atoms with E-state index in [0.29, 0.717) is 0 Å². The summed E-state index contributed by atoms with van der Waals surface area (Å²) in [6.07, 6.45) is 0. The zero-order valence-corrected chi connectivity index (χ0v) is 14.6. The minimum Gasteiger partial charge on any atom is -0.0125 e. The second-order valence-corrected chi connectivity index (χ2v) is 0. The maximum absolute atomic E-state index is 0. The third-order valence-electron chi connectivity index (χ3n) is 0. The summed E-state index contributed by atoms with van der Waals surface area (Å²) in [5.41, 5.74) is 0. The molecular formula is H12GeSi4. The van der Waals surface area contributed by atoms with Gasteiger partial charge >= 0.3 is 0 Å². The van der Waals surface area contributed by atoms with E-state index in [1.54, 1.807) is 0 Å². The molecule has 0 bridgehead atoms. The normalized spacial score (nSPS) is 0. The van der Waals surface area contributed by atoms with Crippen LogP contribution in [0.4, 0.5) is 0 Å². The third-order valence-corrected chi connectivity index (χ3v) is 0. The molecule has 8 radical (unpaired) electrons. The SMILES string of the molecule is [Ge].[SiH3].[SiH3].[SiH3].[SiH3]. The van der Waals surface area contributed by atoms with Gasteiger partial charge in [0, 0.05) is 17.6 Å². The minimum atomic E-state index is 0. The summed E-state index contributed by atoms with van der Waals surface area (Å²) in [6.45, 7) is 0. The van der Waals surface area contributed by atoms with Gasteiger partial charge in [-0.3, -0.25) is 0 Å². The quantitative estimate of drug-likeness (QED) is 0.341. The van der Waals surface area contributed by atoms with Gasteiger partial charge in [0.05, 0.1) is 0 Å². The van der Waals surface area contributed by atoms with Gasteiger partial charge in [0.15, 0.2) is 0 Å². The van der Waals surface area contributed by atoms with Gasteiger partial charge in [-0.15, -0.1) is 0 Å². The van der Waals surface area contributed by atoms with E-state index in [2.05, 4.69) is 0 Å². The molecule has 0 fully saturated rings. The van der Waals surface area contributed by atoms with Crippen molar-refractivity contribution in [1.29, 1.82) is 0 Å². The molecular weight excluding hydrogens is 185 g/mol. The summed E-state index contributed by atoms with van der Waals surface area (Å²) >= 11 is 0. The van der Waals surface area contributed by atoms with Crippen molar-refractivity contribution in [3.8, 4) is 0 Å². The second-order valence-electron chi connectivity index (χ2n) is 0. The van der Waals surface area contributed by atoms with Crippen molar-refractivity contribution in [1.82, 2.24) is 0 Å². The zero-order chi connectivity index (χ0) is 0. The maximum Gasteiger partial charge on any atom is 0 e. The van der Waals surface area contributed by atoms with Crippen LogP contribution in [0.2, 0.25) is 0 Å². The van der Waals surface area contributed by atoms with Gasteiger partial charge in [0.2, 0.25) is 0 Å². The van der Waals surface area contributed by atoms with Crippen LogP contribution in [0.5, 0.6) is 0 Å². The Morgan fingerprint density at radius 1 is 0.400 bits per heavy atom. The monoisotopic (exact) mass is 198 g/mol. The summed E-state index contributed by atoms with van der Waals surface area (Å²) in [5, 5.41) is 0. The van der Waals surface area contributed by atoms with Crippen LogP contribution in [-0.4, -0.2) is 61.5 Å². The Labute approximate surface area is 61.6 Å². The molecule has 0 atom stereocenters. The number of hydrogen-bond donors (Lipinski definition) is 0. The molecule has 32 valence electrons. The van der Waals surface area contributed by atoms with Crippen LogP contribution < -0.4 is 0 Å². The van der Waals surface area contributed by atoms with E-state index in [1.165, 1.54) is 0 Å². The van der Waals surface area contributed by atoms with E-state index >= 15 is 0 Å². The Morgan fingerprint density at radius 3 is 0.400 bits per heavy atom. The average Bonchev–Trinajstić information content (AvgIpc) is 0. The van der Waals surface area contributed by atoms with Crippen LogP contribution >= 0.6 is 0 Å². The van der Waals surface area contributed by atoms with Crippen molar-refractivity contribution < 1.29 is 0 Å². The van der Waals surface area contributed by atoms with Crippen molar-refractivity contribution in [2.45, 2.75) is 0 Å². The molecule has 0 saturated heterocycles. The Bertz CT molecular complexity index is 3.61. The van der Waals surface area contributed by atoms with E-state index in [9.17, 15) is 0 Å². The van der Waals surface area contributed by atoms with E-state index in [1.807, 2.05) is 0 Å². The van der Waals surface area contributed by atoms with Crippen LogP contribution in [0.1, 0.15) is 0 Å². The summed E-state index contributed by atoms with van der Waals surface area (Å²) in [5.74, 6) is 0. The van der Waals surface area contributed by atoms with Gasteiger partial charge in [-0.1, -0.05) is 0 Å². The summed E-state index contributed by atoms with van der Waals surface area (Å²) < 4.78 is 0. The van der Waals surface area contributed by atoms with Gasteiger partial charge in [-0.2, -0.15) is 0 Å². The first-order chi connectivity index (χ1) is 0. The first kappa shape index (κ1) is 94.3. The van der Waals surface area contributed by atoms with Gasteiger partial charge < -0.3 is 0 Å². The second kappa shape index (κ2) is 52.9. The molecule has 0 aromatic heterocycles. The molecule has 5 heteroatoms. The molecule has 0 rings (SSSR count). The standard InChI is InChI=1S/Ge.4H3Si/h;4*1H3. The van der Waals surface area contributed by atoms with Crippen LogP contribution in [-0.2, 0) is 0 Å². The van der Waals surface area contributed by atoms with E-state index in [4.69, 9.17) is 0 Å². The maximum atomic E-state index is 0. The van der Waals surface area contributed by atoms with Gasteiger partial charge in [0.25, 0.3) is 0 Å². The van der Waals surface area contributed by atoms with Crippen molar-refractivity contribution in [3.63, 3.8) is 0 Å². The number of hydrogen-bond acceptors (Lipinski definition) is 0. The fraction of sp³-hybridized carbons (Fsp3) is 0. The van der Waals surface area contributed by atoms with E-state index in [-0.39, 0.29) is 61.5 Å². The number of rotatable bonds is 0. The predicted molar refractivity (Wildman–Crippen MR) is 45.5 cm³/mol. The molecule has 0 aliphatic rings. The molecule has 0 N–H and O–H groups in total. The molecule has 0 aliphatic heterocycles. The Morgan fingerprint density at radius 2 is 0.400 bits per heavy atom. The van der Waals surface area contributed by atoms with E-state index < -0.39 is 0 Å². The molecule has 5 heavy (non-hydrogen) atoms. The fourth-order valence-electron chi connectivity index (χ4n) is 0. The smallest absolute Gasteiger partial charge is 0 e. The average molecular weight is 197 g/mol. The van der Waals surface area contributed by atoms with Crippen LogP contribution in [0.15, 0.2) is 0 Å². The van der Waals surface area contributed by atoms with Crippen LogP contribution in [0.25, 0.3) is 0 Å². The third kappa shape index (κ3) is 31.6. The van der Waals surface area contributed by atoms with Crippen molar-refractivity contribution in [2.75, 3.05) is 0 Å². The Hall–Kier alpha value is 1.41. The molecule has 0 spiro atoms. The molecule has 0 aromatic rings. The molecule has 0 unspecified atom stereocenters. The summed E-state index contributed by atoms with van der Waals surface area (Å²) in [7, 11) is 0. The first-order valence-corrected chi connectivity index (χ1v) is 0. The van der Waals surface area contributed by atoms with Gasteiger partial charge in [-0.25, -0.2) is 0 Å². The molecule has 0 saturated carbocycles.